The second kappa shape index (κ2) is 5.42. The van der Waals surface area contributed by atoms with Crippen molar-refractivity contribution >= 4 is 29.6 Å². The maximum absolute atomic E-state index is 8.90. The van der Waals surface area contributed by atoms with Crippen LogP contribution in [0, 0.1) is 0 Å². The maximum atomic E-state index is 8.90. The Kier molecular flexibility index (Phi) is 5.30. The van der Waals surface area contributed by atoms with Gasteiger partial charge >= 0.3 is 29.6 Å². The van der Waals surface area contributed by atoms with Gasteiger partial charge in [0.15, 0.2) is 0 Å². The van der Waals surface area contributed by atoms with Gasteiger partial charge in [0.05, 0.1) is 0 Å². The molecule has 0 amide bonds. The molecule has 1 N–H and O–H groups in total. The second-order valence-corrected chi connectivity index (χ2v) is 2.16. The SMILES string of the molecule is C=CCc1ccc(O)cc1.[NaH]. The van der Waals surface area contributed by atoms with Gasteiger partial charge in [-0.2, -0.15) is 0 Å². The Morgan fingerprint density at radius 3 is 2.27 bits per heavy atom. The number of hydrogen-bond acceptors (Lipinski definition) is 1. The van der Waals surface area contributed by atoms with Gasteiger partial charge in [0.25, 0.3) is 0 Å². The molecule has 0 aromatic heterocycles. The normalized spacial score (nSPS) is 8.36. The molecule has 1 rings (SSSR count). The van der Waals surface area contributed by atoms with E-state index in [9.17, 15) is 0 Å². The summed E-state index contributed by atoms with van der Waals surface area (Å²) in [5.41, 5.74) is 1.17. The Morgan fingerprint density at radius 1 is 1.27 bits per heavy atom. The van der Waals surface area contributed by atoms with Crippen molar-refractivity contribution < 1.29 is 5.11 Å². The molecule has 0 unspecified atom stereocenters. The zero-order chi connectivity index (χ0) is 7.40. The van der Waals surface area contributed by atoms with E-state index in [0.717, 1.165) is 6.42 Å². The van der Waals surface area contributed by atoms with Gasteiger partial charge in [0.2, 0.25) is 0 Å². The summed E-state index contributed by atoms with van der Waals surface area (Å²) < 4.78 is 0. The van der Waals surface area contributed by atoms with Gasteiger partial charge in [-0.15, -0.1) is 6.58 Å². The van der Waals surface area contributed by atoms with E-state index in [0.29, 0.717) is 5.75 Å². The molecule has 0 saturated heterocycles. The third-order valence-corrected chi connectivity index (χ3v) is 1.32. The van der Waals surface area contributed by atoms with Crippen molar-refractivity contribution in [2.75, 3.05) is 0 Å². The second-order valence-electron chi connectivity index (χ2n) is 2.16. The molecule has 0 aliphatic rings. The quantitative estimate of drug-likeness (QED) is 0.510. The fourth-order valence-corrected chi connectivity index (χ4v) is 0.799. The predicted molar refractivity (Wildman–Crippen MR) is 49.2 cm³/mol. The molecule has 0 aliphatic heterocycles. The summed E-state index contributed by atoms with van der Waals surface area (Å²) in [6, 6.07) is 7.13. The van der Waals surface area contributed by atoms with Gasteiger partial charge in [-0.25, -0.2) is 0 Å². The Balaban J connectivity index is 0.000001000. The van der Waals surface area contributed by atoms with E-state index < -0.39 is 0 Å². The van der Waals surface area contributed by atoms with E-state index >= 15 is 0 Å². The molecule has 11 heavy (non-hydrogen) atoms. The summed E-state index contributed by atoms with van der Waals surface area (Å²) in [5, 5.41) is 8.90. The summed E-state index contributed by atoms with van der Waals surface area (Å²) >= 11 is 0. The Labute approximate surface area is 89.0 Å². The molecule has 0 saturated carbocycles. The third kappa shape index (κ3) is 3.61. The zero-order valence-electron chi connectivity index (χ0n) is 5.75. The first-order chi connectivity index (χ1) is 4.83. The predicted octanol–water partition coefficient (Wildman–Crippen LogP) is 1.47. The number of rotatable bonds is 2. The monoisotopic (exact) mass is 158 g/mol. The number of hydrogen-bond donors (Lipinski definition) is 1. The fraction of sp³-hybridized carbons (Fsp3) is 0.111. The van der Waals surface area contributed by atoms with Crippen molar-refractivity contribution in [3.05, 3.63) is 42.5 Å². The van der Waals surface area contributed by atoms with Crippen LogP contribution in [-0.4, -0.2) is 34.7 Å². The molecule has 0 spiro atoms. The van der Waals surface area contributed by atoms with Crippen LogP contribution in [0.15, 0.2) is 36.9 Å². The first-order valence-corrected chi connectivity index (χ1v) is 3.22. The molecule has 54 valence electrons. The van der Waals surface area contributed by atoms with Crippen molar-refractivity contribution in [1.82, 2.24) is 0 Å². The molecule has 2 heteroatoms. The van der Waals surface area contributed by atoms with Crippen LogP contribution < -0.4 is 0 Å². The van der Waals surface area contributed by atoms with Gasteiger partial charge in [-0.1, -0.05) is 18.2 Å². The fourth-order valence-electron chi connectivity index (χ4n) is 0.799. The average molecular weight is 158 g/mol. The first kappa shape index (κ1) is 10.8. The summed E-state index contributed by atoms with van der Waals surface area (Å²) in [4.78, 5) is 0. The molecule has 0 aliphatic carbocycles. The summed E-state index contributed by atoms with van der Waals surface area (Å²) in [7, 11) is 0. The van der Waals surface area contributed by atoms with Crippen LogP contribution in [0.3, 0.4) is 0 Å². The number of aromatic hydroxyl groups is 1. The number of allylic oxidation sites excluding steroid dienone is 1. The minimum atomic E-state index is 0. The first-order valence-electron chi connectivity index (χ1n) is 3.22. The third-order valence-electron chi connectivity index (χ3n) is 1.32. The Bertz CT molecular complexity index is 216. The van der Waals surface area contributed by atoms with Crippen LogP contribution in [0.2, 0.25) is 0 Å². The van der Waals surface area contributed by atoms with Gasteiger partial charge in [-0.05, 0) is 24.1 Å². The van der Waals surface area contributed by atoms with E-state index in [-0.39, 0.29) is 29.6 Å². The zero-order valence-corrected chi connectivity index (χ0v) is 5.75. The van der Waals surface area contributed by atoms with E-state index in [1.165, 1.54) is 5.56 Å². The summed E-state index contributed by atoms with van der Waals surface area (Å²) in [5.74, 6) is 0.313. The Hall–Kier alpha value is -0.240. The molecule has 0 bridgehead atoms. The van der Waals surface area contributed by atoms with Crippen molar-refractivity contribution in [3.8, 4) is 5.75 Å². The van der Waals surface area contributed by atoms with Crippen LogP contribution in [-0.2, 0) is 6.42 Å². The van der Waals surface area contributed by atoms with Crippen molar-refractivity contribution in [2.45, 2.75) is 6.42 Å². The standard InChI is InChI=1S/C9H10O.Na.H/c1-2-3-8-4-6-9(10)7-5-8;;/h2,4-7,10H,1,3H2;;. The molecule has 0 heterocycles. The van der Waals surface area contributed by atoms with Crippen molar-refractivity contribution in [3.63, 3.8) is 0 Å². The molecule has 1 aromatic carbocycles. The van der Waals surface area contributed by atoms with Gasteiger partial charge in [-0.3, -0.25) is 0 Å². The van der Waals surface area contributed by atoms with Crippen LogP contribution in [0.5, 0.6) is 5.75 Å². The topological polar surface area (TPSA) is 20.2 Å². The molecule has 0 fully saturated rings. The van der Waals surface area contributed by atoms with E-state index in [1.54, 1.807) is 12.1 Å². The Morgan fingerprint density at radius 2 is 1.82 bits per heavy atom. The van der Waals surface area contributed by atoms with Crippen molar-refractivity contribution in [2.24, 2.45) is 0 Å². The molecule has 1 aromatic rings. The van der Waals surface area contributed by atoms with Gasteiger partial charge < -0.3 is 5.11 Å². The molecule has 1 nitrogen and oxygen atoms in total. The molecule has 0 radical (unpaired) electrons. The van der Waals surface area contributed by atoms with Crippen molar-refractivity contribution in [1.29, 1.82) is 0 Å². The average Bonchev–Trinajstić information content (AvgIpc) is 1.95. The van der Waals surface area contributed by atoms with Crippen LogP contribution in [0.1, 0.15) is 5.56 Å². The number of benzene rings is 1. The minimum absolute atomic E-state index is 0. The number of phenolic OH excluding ortho intramolecular Hbond substituents is 1. The van der Waals surface area contributed by atoms with Gasteiger partial charge in [0, 0.05) is 0 Å². The molecular weight excluding hydrogens is 147 g/mol. The van der Waals surface area contributed by atoms with Crippen LogP contribution in [0.4, 0.5) is 0 Å². The summed E-state index contributed by atoms with van der Waals surface area (Å²) in [6.07, 6.45) is 2.70. The van der Waals surface area contributed by atoms with Gasteiger partial charge in [0.1, 0.15) is 5.75 Å². The van der Waals surface area contributed by atoms with Crippen LogP contribution >= 0.6 is 0 Å². The van der Waals surface area contributed by atoms with E-state index in [1.807, 2.05) is 18.2 Å². The van der Waals surface area contributed by atoms with Crippen LogP contribution in [0.25, 0.3) is 0 Å². The molecule has 0 atom stereocenters. The van der Waals surface area contributed by atoms with E-state index in [4.69, 9.17) is 5.11 Å². The summed E-state index contributed by atoms with van der Waals surface area (Å²) in [6.45, 7) is 3.62. The number of phenols is 1. The molecular formula is C9H11NaO. The van der Waals surface area contributed by atoms with E-state index in [2.05, 4.69) is 6.58 Å².